The molecular formula is C18H15Br2N3OS. The van der Waals surface area contributed by atoms with Crippen LogP contribution < -0.4 is 4.80 Å². The lowest BCUT2D eigenvalue weighted by molar-refractivity contribution is 0.468. The van der Waals surface area contributed by atoms with Gasteiger partial charge in [0, 0.05) is 18.0 Å². The highest BCUT2D eigenvalue weighted by atomic mass is 79.9. The minimum Gasteiger partial charge on any atom is -0.506 e. The number of hydrogen-bond acceptors (Lipinski definition) is 4. The van der Waals surface area contributed by atoms with Gasteiger partial charge in [0.1, 0.15) is 5.75 Å². The van der Waals surface area contributed by atoms with E-state index in [9.17, 15) is 5.11 Å². The van der Waals surface area contributed by atoms with Crippen molar-refractivity contribution in [2.75, 3.05) is 7.05 Å². The van der Waals surface area contributed by atoms with E-state index < -0.39 is 0 Å². The molecule has 1 aromatic heterocycles. The van der Waals surface area contributed by atoms with Crippen LogP contribution in [0.25, 0.3) is 11.3 Å². The summed E-state index contributed by atoms with van der Waals surface area (Å²) in [5.74, 6) is 0.171. The van der Waals surface area contributed by atoms with E-state index in [-0.39, 0.29) is 5.75 Å². The number of aromatic nitrogens is 1. The summed E-state index contributed by atoms with van der Waals surface area (Å²) in [5.41, 5.74) is 4.14. The van der Waals surface area contributed by atoms with E-state index in [1.165, 1.54) is 5.56 Å². The van der Waals surface area contributed by atoms with E-state index in [2.05, 4.69) is 73.1 Å². The third kappa shape index (κ3) is 3.94. The Morgan fingerprint density at radius 1 is 1.12 bits per heavy atom. The molecule has 0 radical (unpaired) electrons. The summed E-state index contributed by atoms with van der Waals surface area (Å²) in [6.45, 7) is 2.07. The number of nitrogens with zero attached hydrogens (tertiary/aromatic N) is 3. The first-order valence-corrected chi connectivity index (χ1v) is 9.89. The number of phenolic OH excluding ortho intramolecular Hbond substituents is 1. The molecule has 0 unspecified atom stereocenters. The van der Waals surface area contributed by atoms with Crippen LogP contribution in [0.2, 0.25) is 0 Å². The zero-order valence-corrected chi connectivity index (χ0v) is 17.6. The fourth-order valence-electron chi connectivity index (χ4n) is 2.27. The Bertz CT molecular complexity index is 981. The van der Waals surface area contributed by atoms with Crippen LogP contribution in [0.1, 0.15) is 11.1 Å². The van der Waals surface area contributed by atoms with Gasteiger partial charge in [0.25, 0.3) is 0 Å². The van der Waals surface area contributed by atoms with Gasteiger partial charge >= 0.3 is 0 Å². The maximum absolute atomic E-state index is 9.82. The first kappa shape index (κ1) is 18.1. The molecule has 0 bridgehead atoms. The molecule has 7 heteroatoms. The molecule has 128 valence electrons. The number of aromatic hydroxyl groups is 1. The SMILES string of the molecule is CN=c1scc(-c2ccc(C)cc2)n1N=Cc1cc(Br)c(O)c(Br)c1. The van der Waals surface area contributed by atoms with Crippen molar-refractivity contribution < 1.29 is 5.11 Å². The third-order valence-electron chi connectivity index (χ3n) is 3.59. The largest absolute Gasteiger partial charge is 0.506 e. The highest BCUT2D eigenvalue weighted by Crippen LogP contribution is 2.32. The molecule has 0 atom stereocenters. The lowest BCUT2D eigenvalue weighted by Crippen LogP contribution is -2.11. The van der Waals surface area contributed by atoms with Crippen molar-refractivity contribution in [3.63, 3.8) is 0 Å². The molecule has 2 aromatic carbocycles. The number of phenols is 1. The number of halogens is 2. The smallest absolute Gasteiger partial charge is 0.205 e. The van der Waals surface area contributed by atoms with Crippen LogP contribution in [-0.2, 0) is 0 Å². The van der Waals surface area contributed by atoms with Crippen LogP contribution in [0.4, 0.5) is 0 Å². The maximum Gasteiger partial charge on any atom is 0.205 e. The molecule has 0 fully saturated rings. The van der Waals surface area contributed by atoms with Crippen molar-refractivity contribution in [1.82, 2.24) is 4.68 Å². The first-order valence-electron chi connectivity index (χ1n) is 7.42. The number of rotatable bonds is 3. The molecule has 3 rings (SSSR count). The molecular weight excluding hydrogens is 466 g/mol. The Morgan fingerprint density at radius 3 is 2.36 bits per heavy atom. The molecule has 3 aromatic rings. The maximum atomic E-state index is 9.82. The molecule has 1 N–H and O–H groups in total. The van der Waals surface area contributed by atoms with Crippen molar-refractivity contribution in [3.05, 3.63) is 66.7 Å². The number of aryl methyl sites for hydroxylation is 1. The Morgan fingerprint density at radius 2 is 1.76 bits per heavy atom. The third-order valence-corrected chi connectivity index (χ3v) is 5.70. The molecule has 0 spiro atoms. The summed E-state index contributed by atoms with van der Waals surface area (Å²) in [6.07, 6.45) is 1.74. The molecule has 0 saturated carbocycles. The molecule has 25 heavy (non-hydrogen) atoms. The fourth-order valence-corrected chi connectivity index (χ4v) is 4.29. The molecule has 0 aliphatic carbocycles. The average molecular weight is 481 g/mol. The van der Waals surface area contributed by atoms with Gasteiger partial charge in [-0.3, -0.25) is 4.99 Å². The van der Waals surface area contributed by atoms with Crippen molar-refractivity contribution in [2.45, 2.75) is 6.92 Å². The van der Waals surface area contributed by atoms with Crippen molar-refractivity contribution in [2.24, 2.45) is 10.1 Å². The lowest BCUT2D eigenvalue weighted by atomic mass is 10.1. The standard InChI is InChI=1S/C18H15Br2N3OS/c1-11-3-5-13(6-4-11)16-10-25-18(21-2)23(16)22-9-12-7-14(19)17(24)15(20)8-12/h3-10,24H,1-2H3. The second-order valence-corrected chi connectivity index (χ2v) is 7.93. The normalized spacial score (nSPS) is 12.2. The predicted molar refractivity (Wildman–Crippen MR) is 110 cm³/mol. The molecule has 0 saturated heterocycles. The molecule has 0 aliphatic heterocycles. The Balaban J connectivity index is 2.05. The van der Waals surface area contributed by atoms with Gasteiger partial charge in [-0.1, -0.05) is 29.8 Å². The van der Waals surface area contributed by atoms with Gasteiger partial charge in [-0.25, -0.2) is 4.68 Å². The van der Waals surface area contributed by atoms with Gasteiger partial charge < -0.3 is 5.11 Å². The van der Waals surface area contributed by atoms with E-state index in [1.807, 2.05) is 22.2 Å². The van der Waals surface area contributed by atoms with Crippen LogP contribution >= 0.6 is 43.2 Å². The van der Waals surface area contributed by atoms with E-state index in [0.717, 1.165) is 21.6 Å². The van der Waals surface area contributed by atoms with Crippen LogP contribution in [0, 0.1) is 6.92 Å². The Hall–Kier alpha value is -1.70. The Labute approximate surface area is 166 Å². The topological polar surface area (TPSA) is 49.9 Å². The van der Waals surface area contributed by atoms with Crippen molar-refractivity contribution >= 4 is 49.4 Å². The van der Waals surface area contributed by atoms with Gasteiger partial charge in [-0.15, -0.1) is 11.3 Å². The van der Waals surface area contributed by atoms with Gasteiger partial charge in [-0.2, -0.15) is 5.10 Å². The van der Waals surface area contributed by atoms with E-state index in [4.69, 9.17) is 0 Å². The van der Waals surface area contributed by atoms with Gasteiger partial charge in [-0.05, 0) is 56.5 Å². The summed E-state index contributed by atoms with van der Waals surface area (Å²) >= 11 is 8.22. The minimum absolute atomic E-state index is 0.171. The van der Waals surface area contributed by atoms with Crippen molar-refractivity contribution in [1.29, 1.82) is 0 Å². The molecule has 0 aliphatic rings. The fraction of sp³-hybridized carbons (Fsp3) is 0.111. The number of hydrogen-bond donors (Lipinski definition) is 1. The molecule has 4 nitrogen and oxygen atoms in total. The summed E-state index contributed by atoms with van der Waals surface area (Å²) in [6, 6.07) is 11.9. The second kappa shape index (κ2) is 7.68. The lowest BCUT2D eigenvalue weighted by Gasteiger charge is -2.05. The first-order chi connectivity index (χ1) is 12.0. The van der Waals surface area contributed by atoms with Gasteiger partial charge in [0.2, 0.25) is 4.80 Å². The molecule has 0 amide bonds. The highest BCUT2D eigenvalue weighted by Gasteiger charge is 2.08. The second-order valence-electron chi connectivity index (χ2n) is 5.38. The number of thiazole rings is 1. The van der Waals surface area contributed by atoms with E-state index >= 15 is 0 Å². The van der Waals surface area contributed by atoms with Crippen LogP contribution in [0.15, 0.2) is 60.8 Å². The quantitative estimate of drug-likeness (QED) is 0.516. The summed E-state index contributed by atoms with van der Waals surface area (Å²) in [7, 11) is 1.75. The average Bonchev–Trinajstić information content (AvgIpc) is 3.01. The van der Waals surface area contributed by atoms with Crippen LogP contribution in [-0.4, -0.2) is 23.0 Å². The predicted octanol–water partition coefficient (Wildman–Crippen LogP) is 5.17. The zero-order chi connectivity index (χ0) is 18.0. The zero-order valence-electron chi connectivity index (χ0n) is 13.6. The van der Waals surface area contributed by atoms with Crippen molar-refractivity contribution in [3.8, 4) is 17.0 Å². The Kier molecular flexibility index (Phi) is 5.56. The van der Waals surface area contributed by atoms with E-state index in [1.54, 1.807) is 24.6 Å². The van der Waals surface area contributed by atoms with Gasteiger partial charge in [0.15, 0.2) is 0 Å². The number of benzene rings is 2. The highest BCUT2D eigenvalue weighted by molar-refractivity contribution is 9.11. The van der Waals surface area contributed by atoms with Crippen LogP contribution in [0.3, 0.4) is 0 Å². The van der Waals surface area contributed by atoms with Gasteiger partial charge in [0.05, 0.1) is 20.9 Å². The summed E-state index contributed by atoms with van der Waals surface area (Å²) < 4.78 is 3.04. The summed E-state index contributed by atoms with van der Waals surface area (Å²) in [5, 5.41) is 16.5. The summed E-state index contributed by atoms with van der Waals surface area (Å²) in [4.78, 5) is 5.11. The minimum atomic E-state index is 0.171. The van der Waals surface area contributed by atoms with E-state index in [0.29, 0.717) is 8.95 Å². The van der Waals surface area contributed by atoms with Crippen LogP contribution in [0.5, 0.6) is 5.75 Å². The monoisotopic (exact) mass is 479 g/mol. The molecule has 1 heterocycles.